The molecule has 2 aromatic rings. The van der Waals surface area contributed by atoms with Crippen LogP contribution in [0, 0.1) is 0 Å². The van der Waals surface area contributed by atoms with Gasteiger partial charge in [0.05, 0.1) is 11.9 Å². The number of rotatable bonds is 10. The first-order valence-electron chi connectivity index (χ1n) is 10.4. The van der Waals surface area contributed by atoms with Gasteiger partial charge in [0.15, 0.2) is 0 Å². The number of hydrogen-bond donors (Lipinski definition) is 1. The molecule has 0 spiro atoms. The van der Waals surface area contributed by atoms with Gasteiger partial charge in [-0.2, -0.15) is 0 Å². The monoisotopic (exact) mass is 479 g/mol. The number of carbonyl (C=O) groups excluding carboxylic acids is 2. The van der Waals surface area contributed by atoms with Gasteiger partial charge in [-0.05, 0) is 51.0 Å². The Morgan fingerprint density at radius 2 is 1.69 bits per heavy atom. The predicted molar refractivity (Wildman–Crippen MR) is 128 cm³/mol. The maximum absolute atomic E-state index is 13.3. The van der Waals surface area contributed by atoms with Crippen LogP contribution in [0.4, 0.5) is 5.69 Å². The van der Waals surface area contributed by atoms with Crippen molar-refractivity contribution in [3.8, 4) is 0 Å². The molecule has 0 bridgehead atoms. The first-order valence-corrected chi connectivity index (χ1v) is 12.6. The zero-order chi connectivity index (χ0) is 23.9. The zero-order valence-corrected chi connectivity index (χ0v) is 20.4. The highest BCUT2D eigenvalue weighted by molar-refractivity contribution is 7.92. The molecule has 2 amide bonds. The molecular formula is C23H30ClN3O4S. The quantitative estimate of drug-likeness (QED) is 0.567. The molecule has 1 atom stereocenters. The first-order chi connectivity index (χ1) is 15.0. The number of anilines is 1. The van der Waals surface area contributed by atoms with E-state index in [1.165, 1.54) is 11.0 Å². The lowest BCUT2D eigenvalue weighted by atomic mass is 10.1. The fourth-order valence-corrected chi connectivity index (χ4v) is 4.25. The van der Waals surface area contributed by atoms with Crippen molar-refractivity contribution >= 4 is 39.1 Å². The van der Waals surface area contributed by atoms with Gasteiger partial charge in [0.1, 0.15) is 12.6 Å². The molecule has 0 saturated heterocycles. The van der Waals surface area contributed by atoms with E-state index in [9.17, 15) is 18.0 Å². The Bertz CT molecular complexity index is 1030. The number of nitrogens with zero attached hydrogens (tertiary/aromatic N) is 2. The molecule has 0 aliphatic heterocycles. The summed E-state index contributed by atoms with van der Waals surface area (Å²) in [6.45, 7) is 5.15. The Morgan fingerprint density at radius 3 is 2.25 bits per heavy atom. The Hall–Kier alpha value is -2.58. The minimum Gasteiger partial charge on any atom is -0.352 e. The van der Waals surface area contributed by atoms with Crippen molar-refractivity contribution in [2.45, 2.75) is 39.3 Å². The molecule has 0 aromatic heterocycles. The van der Waals surface area contributed by atoms with Crippen molar-refractivity contribution < 1.29 is 18.0 Å². The van der Waals surface area contributed by atoms with Gasteiger partial charge in [0.2, 0.25) is 21.8 Å². The normalized spacial score (nSPS) is 12.3. The van der Waals surface area contributed by atoms with Crippen LogP contribution in [-0.4, -0.2) is 56.6 Å². The summed E-state index contributed by atoms with van der Waals surface area (Å²) in [5, 5.41) is 3.17. The molecule has 32 heavy (non-hydrogen) atoms. The number of amides is 2. The number of halogens is 1. The van der Waals surface area contributed by atoms with E-state index in [2.05, 4.69) is 5.32 Å². The summed E-state index contributed by atoms with van der Waals surface area (Å²) in [7, 11) is -3.77. The van der Waals surface area contributed by atoms with Gasteiger partial charge in [0, 0.05) is 17.6 Å². The Balaban J connectivity index is 2.30. The van der Waals surface area contributed by atoms with Crippen LogP contribution < -0.4 is 9.62 Å². The maximum Gasteiger partial charge on any atom is 0.244 e. The number of hydrogen-bond acceptors (Lipinski definition) is 4. The molecule has 0 unspecified atom stereocenters. The Labute approximate surface area is 195 Å². The minimum atomic E-state index is -3.77. The lowest BCUT2D eigenvalue weighted by Crippen LogP contribution is -2.53. The van der Waals surface area contributed by atoms with E-state index in [4.69, 9.17) is 11.6 Å². The number of nitrogens with one attached hydrogen (secondary N) is 1. The predicted octanol–water partition coefficient (Wildman–Crippen LogP) is 3.09. The van der Waals surface area contributed by atoms with E-state index in [1.807, 2.05) is 44.2 Å². The largest absolute Gasteiger partial charge is 0.352 e. The second kappa shape index (κ2) is 11.3. The third-order valence-corrected chi connectivity index (χ3v) is 6.23. The fraction of sp³-hybridized carbons (Fsp3) is 0.391. The second-order valence-electron chi connectivity index (χ2n) is 7.91. The van der Waals surface area contributed by atoms with Gasteiger partial charge >= 0.3 is 0 Å². The molecular weight excluding hydrogens is 450 g/mol. The molecule has 1 N–H and O–H groups in total. The van der Waals surface area contributed by atoms with Crippen molar-refractivity contribution in [2.24, 2.45) is 0 Å². The zero-order valence-electron chi connectivity index (χ0n) is 18.8. The topological polar surface area (TPSA) is 86.8 Å². The van der Waals surface area contributed by atoms with Crippen molar-refractivity contribution in [1.82, 2.24) is 10.2 Å². The molecule has 0 fully saturated rings. The number of carbonyl (C=O) groups is 2. The Morgan fingerprint density at radius 1 is 1.03 bits per heavy atom. The summed E-state index contributed by atoms with van der Waals surface area (Å²) >= 11 is 6.03. The van der Waals surface area contributed by atoms with Crippen LogP contribution in [0.2, 0.25) is 5.02 Å². The van der Waals surface area contributed by atoms with Crippen molar-refractivity contribution in [1.29, 1.82) is 0 Å². The third kappa shape index (κ3) is 7.53. The standard InChI is InChI=1S/C23H30ClN3O4S/c1-17(2)25-23(29)18(3)26(14-13-19-9-6-5-7-10-19)22(28)16-27(32(4,30)31)21-12-8-11-20(24)15-21/h5-12,15,17-18H,13-14,16H2,1-4H3,(H,25,29)/t18-/m1/s1. The minimum absolute atomic E-state index is 0.0880. The average molecular weight is 480 g/mol. The van der Waals surface area contributed by atoms with Crippen molar-refractivity contribution in [3.63, 3.8) is 0 Å². The molecule has 0 aliphatic rings. The van der Waals surface area contributed by atoms with Gasteiger partial charge in [-0.3, -0.25) is 13.9 Å². The molecule has 0 radical (unpaired) electrons. The van der Waals surface area contributed by atoms with Gasteiger partial charge in [0.25, 0.3) is 0 Å². The first kappa shape index (κ1) is 25.7. The van der Waals surface area contributed by atoms with Crippen LogP contribution >= 0.6 is 11.6 Å². The van der Waals surface area contributed by atoms with Crippen molar-refractivity contribution in [2.75, 3.05) is 23.7 Å². The van der Waals surface area contributed by atoms with Gasteiger partial charge in [-0.15, -0.1) is 0 Å². The van der Waals surface area contributed by atoms with Crippen LogP contribution in [-0.2, 0) is 26.0 Å². The SMILES string of the molecule is CC(C)NC(=O)[C@@H](C)N(CCc1ccccc1)C(=O)CN(c1cccc(Cl)c1)S(C)(=O)=O. The van der Waals surface area contributed by atoms with Crippen LogP contribution in [0.15, 0.2) is 54.6 Å². The smallest absolute Gasteiger partial charge is 0.244 e. The van der Waals surface area contributed by atoms with E-state index in [0.29, 0.717) is 11.4 Å². The van der Waals surface area contributed by atoms with Crippen LogP contribution in [0.5, 0.6) is 0 Å². The third-order valence-electron chi connectivity index (χ3n) is 4.86. The lowest BCUT2D eigenvalue weighted by Gasteiger charge is -2.31. The van der Waals surface area contributed by atoms with Crippen LogP contribution in [0.25, 0.3) is 0 Å². The van der Waals surface area contributed by atoms with E-state index in [0.717, 1.165) is 16.1 Å². The second-order valence-corrected chi connectivity index (χ2v) is 10.3. The molecule has 0 heterocycles. The number of benzene rings is 2. The summed E-state index contributed by atoms with van der Waals surface area (Å²) in [6.07, 6.45) is 1.56. The summed E-state index contributed by atoms with van der Waals surface area (Å²) in [5.41, 5.74) is 1.30. The van der Waals surface area contributed by atoms with Gasteiger partial charge in [-0.25, -0.2) is 8.42 Å². The number of sulfonamides is 1. The van der Waals surface area contributed by atoms with Crippen LogP contribution in [0.1, 0.15) is 26.3 Å². The highest BCUT2D eigenvalue weighted by Crippen LogP contribution is 2.22. The summed E-state index contributed by atoms with van der Waals surface area (Å²) < 4.78 is 25.9. The average Bonchev–Trinajstić information content (AvgIpc) is 2.71. The molecule has 9 heteroatoms. The molecule has 2 aromatic carbocycles. The molecule has 0 saturated carbocycles. The van der Waals surface area contributed by atoms with E-state index >= 15 is 0 Å². The summed E-state index contributed by atoms with van der Waals surface area (Å²) in [5.74, 6) is -0.771. The van der Waals surface area contributed by atoms with Gasteiger partial charge in [-0.1, -0.05) is 48.0 Å². The maximum atomic E-state index is 13.3. The highest BCUT2D eigenvalue weighted by atomic mass is 35.5. The van der Waals surface area contributed by atoms with E-state index in [1.54, 1.807) is 25.1 Å². The van der Waals surface area contributed by atoms with E-state index < -0.39 is 28.5 Å². The van der Waals surface area contributed by atoms with Gasteiger partial charge < -0.3 is 10.2 Å². The summed E-state index contributed by atoms with van der Waals surface area (Å²) in [4.78, 5) is 27.4. The van der Waals surface area contributed by atoms with Crippen LogP contribution in [0.3, 0.4) is 0 Å². The molecule has 0 aliphatic carbocycles. The highest BCUT2D eigenvalue weighted by Gasteiger charge is 2.30. The summed E-state index contributed by atoms with van der Waals surface area (Å²) in [6, 6.07) is 15.0. The Kier molecular flexibility index (Phi) is 9.09. The fourth-order valence-electron chi connectivity index (χ4n) is 3.22. The molecule has 7 nitrogen and oxygen atoms in total. The molecule has 174 valence electrons. The van der Waals surface area contributed by atoms with E-state index in [-0.39, 0.29) is 24.2 Å². The lowest BCUT2D eigenvalue weighted by molar-refractivity contribution is -0.139. The van der Waals surface area contributed by atoms with Crippen molar-refractivity contribution in [3.05, 3.63) is 65.2 Å². The molecule has 2 rings (SSSR count).